The van der Waals surface area contributed by atoms with Gasteiger partial charge in [0.2, 0.25) is 0 Å². The van der Waals surface area contributed by atoms with Gasteiger partial charge in [-0.2, -0.15) is 0 Å². The van der Waals surface area contributed by atoms with Gasteiger partial charge in [-0.1, -0.05) is 0 Å². The minimum Gasteiger partial charge on any atom is -0.467 e. The molecule has 0 aromatic carbocycles. The number of ether oxygens (including phenoxy) is 1. The molecule has 0 saturated carbocycles. The van der Waals surface area contributed by atoms with Gasteiger partial charge in [0, 0.05) is 19.1 Å². The van der Waals surface area contributed by atoms with Gasteiger partial charge >= 0.3 is 5.97 Å². The summed E-state index contributed by atoms with van der Waals surface area (Å²) in [5, 5.41) is 0. The summed E-state index contributed by atoms with van der Waals surface area (Å²) in [6, 6.07) is 1.90. The topological polar surface area (TPSA) is 68.7 Å². The standard InChI is InChI=1S/C11H16N2O3/c1-2-15-11(14)9-3-4-16-10(9)7-13-5-8(12)6-13/h3-4,8H,2,5-7,12H2,1H3. The van der Waals surface area contributed by atoms with Crippen molar-refractivity contribution in [3.63, 3.8) is 0 Å². The Hall–Kier alpha value is -1.33. The highest BCUT2D eigenvalue weighted by molar-refractivity contribution is 5.90. The molecule has 88 valence electrons. The first-order valence-corrected chi connectivity index (χ1v) is 5.42. The van der Waals surface area contributed by atoms with Crippen molar-refractivity contribution in [2.75, 3.05) is 19.7 Å². The third-order valence-corrected chi connectivity index (χ3v) is 2.59. The second kappa shape index (κ2) is 4.67. The molecule has 0 unspecified atom stereocenters. The molecular formula is C11H16N2O3. The van der Waals surface area contributed by atoms with E-state index in [1.54, 1.807) is 13.0 Å². The molecule has 2 rings (SSSR count). The molecule has 0 atom stereocenters. The number of furan rings is 1. The Labute approximate surface area is 94.1 Å². The van der Waals surface area contributed by atoms with Crippen LogP contribution in [0.15, 0.2) is 16.7 Å². The third-order valence-electron chi connectivity index (χ3n) is 2.59. The summed E-state index contributed by atoms with van der Waals surface area (Å²) in [6.07, 6.45) is 1.52. The van der Waals surface area contributed by atoms with Crippen LogP contribution in [0.1, 0.15) is 23.0 Å². The van der Waals surface area contributed by atoms with Crippen LogP contribution in [0.25, 0.3) is 0 Å². The fourth-order valence-corrected chi connectivity index (χ4v) is 1.80. The summed E-state index contributed by atoms with van der Waals surface area (Å²) < 4.78 is 10.2. The number of nitrogens with two attached hydrogens (primary N) is 1. The van der Waals surface area contributed by atoms with Crippen molar-refractivity contribution in [3.05, 3.63) is 23.7 Å². The van der Waals surface area contributed by atoms with Gasteiger partial charge in [0.05, 0.1) is 19.4 Å². The number of hydrogen-bond donors (Lipinski definition) is 1. The number of carbonyl (C=O) groups is 1. The minimum atomic E-state index is -0.323. The van der Waals surface area contributed by atoms with Crippen molar-refractivity contribution < 1.29 is 13.9 Å². The largest absolute Gasteiger partial charge is 0.467 e. The van der Waals surface area contributed by atoms with Crippen molar-refractivity contribution in [3.8, 4) is 0 Å². The third kappa shape index (κ3) is 2.25. The number of rotatable bonds is 4. The Morgan fingerprint density at radius 2 is 2.44 bits per heavy atom. The van der Waals surface area contributed by atoms with E-state index in [0.717, 1.165) is 13.1 Å². The zero-order valence-electron chi connectivity index (χ0n) is 9.31. The summed E-state index contributed by atoms with van der Waals surface area (Å²) in [5.41, 5.74) is 6.20. The van der Waals surface area contributed by atoms with Crippen LogP contribution in [0.4, 0.5) is 0 Å². The van der Waals surface area contributed by atoms with E-state index in [2.05, 4.69) is 4.90 Å². The lowest BCUT2D eigenvalue weighted by molar-refractivity contribution is 0.0519. The molecule has 0 aliphatic carbocycles. The van der Waals surface area contributed by atoms with E-state index in [1.165, 1.54) is 6.26 Å². The lowest BCUT2D eigenvalue weighted by Gasteiger charge is -2.36. The minimum absolute atomic E-state index is 0.251. The number of hydrogen-bond acceptors (Lipinski definition) is 5. The first kappa shape index (κ1) is 11.2. The van der Waals surface area contributed by atoms with Gasteiger partial charge in [-0.25, -0.2) is 4.79 Å². The second-order valence-corrected chi connectivity index (χ2v) is 3.93. The Balaban J connectivity index is 1.99. The van der Waals surface area contributed by atoms with Crippen LogP contribution in [0.2, 0.25) is 0 Å². The quantitative estimate of drug-likeness (QED) is 0.758. The van der Waals surface area contributed by atoms with Crippen molar-refractivity contribution in [1.29, 1.82) is 0 Å². The zero-order chi connectivity index (χ0) is 11.5. The molecule has 0 bridgehead atoms. The van der Waals surface area contributed by atoms with Gasteiger partial charge in [0.1, 0.15) is 11.3 Å². The molecule has 0 amide bonds. The maximum Gasteiger partial charge on any atom is 0.341 e. The van der Waals surface area contributed by atoms with Gasteiger partial charge in [0.25, 0.3) is 0 Å². The molecule has 1 aromatic rings. The summed E-state index contributed by atoms with van der Waals surface area (Å²) in [5.74, 6) is 0.335. The summed E-state index contributed by atoms with van der Waals surface area (Å²) in [7, 11) is 0. The normalized spacial score (nSPS) is 17.1. The number of nitrogens with zero attached hydrogens (tertiary/aromatic N) is 1. The Bertz CT molecular complexity index is 369. The smallest absolute Gasteiger partial charge is 0.341 e. The van der Waals surface area contributed by atoms with Crippen molar-refractivity contribution >= 4 is 5.97 Å². The lowest BCUT2D eigenvalue weighted by atomic mass is 10.1. The Morgan fingerprint density at radius 3 is 3.06 bits per heavy atom. The molecule has 5 heteroatoms. The van der Waals surface area contributed by atoms with Gasteiger partial charge in [-0.15, -0.1) is 0 Å². The Morgan fingerprint density at radius 1 is 1.69 bits per heavy atom. The van der Waals surface area contributed by atoms with E-state index in [1.807, 2.05) is 0 Å². The van der Waals surface area contributed by atoms with Crippen molar-refractivity contribution in [1.82, 2.24) is 4.90 Å². The fraction of sp³-hybridized carbons (Fsp3) is 0.545. The van der Waals surface area contributed by atoms with Crippen LogP contribution in [-0.4, -0.2) is 36.6 Å². The van der Waals surface area contributed by atoms with Crippen LogP contribution >= 0.6 is 0 Å². The first-order valence-electron chi connectivity index (χ1n) is 5.42. The van der Waals surface area contributed by atoms with Crippen molar-refractivity contribution in [2.45, 2.75) is 19.5 Å². The van der Waals surface area contributed by atoms with Crippen LogP contribution < -0.4 is 5.73 Å². The Kier molecular flexibility index (Phi) is 3.26. The van der Waals surface area contributed by atoms with E-state index in [9.17, 15) is 4.79 Å². The summed E-state index contributed by atoms with van der Waals surface area (Å²) in [4.78, 5) is 13.7. The highest BCUT2D eigenvalue weighted by Gasteiger charge is 2.26. The van der Waals surface area contributed by atoms with E-state index in [0.29, 0.717) is 24.5 Å². The van der Waals surface area contributed by atoms with Crippen molar-refractivity contribution in [2.24, 2.45) is 5.73 Å². The molecule has 0 radical (unpaired) electrons. The van der Waals surface area contributed by atoms with Crippen LogP contribution in [0, 0.1) is 0 Å². The molecule has 1 saturated heterocycles. The number of carbonyl (C=O) groups excluding carboxylic acids is 1. The van der Waals surface area contributed by atoms with Gasteiger partial charge < -0.3 is 14.9 Å². The van der Waals surface area contributed by atoms with E-state index in [4.69, 9.17) is 14.9 Å². The summed E-state index contributed by atoms with van der Waals surface area (Å²) >= 11 is 0. The second-order valence-electron chi connectivity index (χ2n) is 3.93. The molecular weight excluding hydrogens is 208 g/mol. The fourth-order valence-electron chi connectivity index (χ4n) is 1.80. The maximum absolute atomic E-state index is 11.6. The van der Waals surface area contributed by atoms with E-state index in [-0.39, 0.29) is 12.0 Å². The van der Waals surface area contributed by atoms with Crippen LogP contribution in [0.5, 0.6) is 0 Å². The first-order chi connectivity index (χ1) is 7.70. The van der Waals surface area contributed by atoms with Crippen LogP contribution in [0.3, 0.4) is 0 Å². The molecule has 0 spiro atoms. The van der Waals surface area contributed by atoms with E-state index < -0.39 is 0 Å². The molecule has 16 heavy (non-hydrogen) atoms. The molecule has 2 N–H and O–H groups in total. The molecule has 1 aliphatic rings. The molecule has 1 aliphatic heterocycles. The van der Waals surface area contributed by atoms with Gasteiger partial charge in [-0.3, -0.25) is 4.90 Å². The zero-order valence-corrected chi connectivity index (χ0v) is 9.31. The molecule has 1 aromatic heterocycles. The van der Waals surface area contributed by atoms with Gasteiger partial charge in [0.15, 0.2) is 0 Å². The van der Waals surface area contributed by atoms with E-state index >= 15 is 0 Å². The molecule has 2 heterocycles. The average Bonchev–Trinajstić information content (AvgIpc) is 2.64. The predicted molar refractivity (Wildman–Crippen MR) is 57.9 cm³/mol. The van der Waals surface area contributed by atoms with Gasteiger partial charge in [-0.05, 0) is 13.0 Å². The average molecular weight is 224 g/mol. The monoisotopic (exact) mass is 224 g/mol. The highest BCUT2D eigenvalue weighted by Crippen LogP contribution is 2.17. The van der Waals surface area contributed by atoms with Crippen LogP contribution in [-0.2, 0) is 11.3 Å². The molecule has 5 nitrogen and oxygen atoms in total. The number of esters is 1. The predicted octanol–water partition coefficient (Wildman–Crippen LogP) is 0.599. The molecule has 1 fully saturated rings. The SMILES string of the molecule is CCOC(=O)c1ccoc1CN1CC(N)C1. The lowest BCUT2D eigenvalue weighted by Crippen LogP contribution is -2.54. The highest BCUT2D eigenvalue weighted by atomic mass is 16.5. The number of likely N-dealkylation sites (tertiary alicyclic amines) is 1. The summed E-state index contributed by atoms with van der Waals surface area (Å²) in [6.45, 7) is 4.48. The maximum atomic E-state index is 11.6.